The van der Waals surface area contributed by atoms with Crippen LogP contribution in [0.3, 0.4) is 0 Å². The van der Waals surface area contributed by atoms with E-state index in [2.05, 4.69) is 20.1 Å². The van der Waals surface area contributed by atoms with E-state index in [1.165, 1.54) is 42.4 Å². The normalized spacial score (nSPS) is 13.4. The number of aliphatic hydroxyl groups is 1. The van der Waals surface area contributed by atoms with Gasteiger partial charge in [0.1, 0.15) is 5.82 Å². The lowest BCUT2D eigenvalue weighted by Gasteiger charge is -2.19. The average Bonchev–Trinajstić information content (AvgIpc) is 3.22. The number of anilines is 1. The van der Waals surface area contributed by atoms with E-state index >= 15 is 0 Å². The van der Waals surface area contributed by atoms with Crippen molar-refractivity contribution in [2.24, 2.45) is 0 Å². The Balaban J connectivity index is 1.93. The molecule has 188 valence electrons. The van der Waals surface area contributed by atoms with Crippen LogP contribution in [-0.4, -0.2) is 42.8 Å². The molecule has 0 aliphatic carbocycles. The molecule has 3 rings (SSSR count). The van der Waals surface area contributed by atoms with Gasteiger partial charge in [-0.3, -0.25) is 4.68 Å². The summed E-state index contributed by atoms with van der Waals surface area (Å²) in [6, 6.07) is 6.26. The third kappa shape index (κ3) is 6.55. The Kier molecular flexibility index (Phi) is 7.46. The number of hydrogen-bond donors (Lipinski definition) is 4. The number of aromatic nitrogens is 3. The van der Waals surface area contributed by atoms with Crippen molar-refractivity contribution in [2.75, 3.05) is 12.4 Å². The van der Waals surface area contributed by atoms with E-state index < -0.39 is 27.4 Å². The number of carbonyl (C=O) groups is 1. The number of benzene rings is 1. The fourth-order valence-corrected chi connectivity index (χ4v) is 4.33. The minimum atomic E-state index is -3.82. The highest BCUT2D eigenvalue weighted by molar-refractivity contribution is 7.91. The van der Waals surface area contributed by atoms with Crippen LogP contribution in [-0.2, 0) is 16.5 Å². The molecule has 2 amide bonds. The molecule has 0 saturated carbocycles. The summed E-state index contributed by atoms with van der Waals surface area (Å²) in [7, 11) is -2.37. The standard InChI is InChI=1S/C23H29FN6O4S/c1-14(2)17-11-16(24)12-18(15-6-8-26-19(10-15)34-5)21(17)27-22(31)29-35(25,33)20-7-9-30(28-20)13-23(3,4)32/h6-12,14,32H,13H2,1-5H3,(H3,25,27,29,31,33). The van der Waals surface area contributed by atoms with Crippen LogP contribution in [0.2, 0.25) is 0 Å². The summed E-state index contributed by atoms with van der Waals surface area (Å²) in [4.78, 5) is 16.9. The van der Waals surface area contributed by atoms with Gasteiger partial charge in [0.25, 0.3) is 0 Å². The Labute approximate surface area is 203 Å². The van der Waals surface area contributed by atoms with E-state index in [0.717, 1.165) is 0 Å². The molecule has 2 aromatic heterocycles. The minimum absolute atomic E-state index is 0.112. The van der Waals surface area contributed by atoms with Gasteiger partial charge in [-0.1, -0.05) is 13.8 Å². The maximum absolute atomic E-state index is 14.5. The lowest BCUT2D eigenvalue weighted by molar-refractivity contribution is 0.0573. The van der Waals surface area contributed by atoms with Crippen LogP contribution < -0.4 is 14.8 Å². The van der Waals surface area contributed by atoms with Crippen LogP contribution in [0.25, 0.3) is 11.1 Å². The van der Waals surface area contributed by atoms with Crippen molar-refractivity contribution >= 4 is 21.6 Å². The van der Waals surface area contributed by atoms with E-state index in [1.54, 1.807) is 26.0 Å². The Morgan fingerprint density at radius 3 is 2.66 bits per heavy atom. The largest absolute Gasteiger partial charge is 0.481 e. The number of rotatable bonds is 8. The quantitative estimate of drug-likeness (QED) is 0.363. The van der Waals surface area contributed by atoms with Gasteiger partial charge in [0.2, 0.25) is 5.88 Å². The molecular formula is C23H29FN6O4S. The van der Waals surface area contributed by atoms with Gasteiger partial charge in [0, 0.05) is 24.0 Å². The molecule has 1 atom stereocenters. The predicted molar refractivity (Wildman–Crippen MR) is 130 cm³/mol. The highest BCUT2D eigenvalue weighted by Gasteiger charge is 2.22. The molecule has 0 saturated heterocycles. The minimum Gasteiger partial charge on any atom is -0.481 e. The number of amides is 2. The molecule has 0 fully saturated rings. The van der Waals surface area contributed by atoms with Gasteiger partial charge in [0.15, 0.2) is 14.9 Å². The summed E-state index contributed by atoms with van der Waals surface area (Å²) < 4.78 is 44.3. The third-order valence-electron chi connectivity index (χ3n) is 4.95. The van der Waals surface area contributed by atoms with Gasteiger partial charge in [-0.2, -0.15) is 5.10 Å². The van der Waals surface area contributed by atoms with E-state index in [1.807, 2.05) is 13.8 Å². The molecule has 0 aliphatic heterocycles. The third-order valence-corrected chi connectivity index (χ3v) is 6.22. The second-order valence-electron chi connectivity index (χ2n) is 8.94. The molecule has 2 heterocycles. The fourth-order valence-electron chi connectivity index (χ4n) is 3.44. The highest BCUT2D eigenvalue weighted by Crippen LogP contribution is 2.36. The van der Waals surface area contributed by atoms with Crippen LogP contribution in [0.4, 0.5) is 14.9 Å². The number of pyridine rings is 1. The van der Waals surface area contributed by atoms with Crippen molar-refractivity contribution in [3.05, 3.63) is 54.1 Å². The molecule has 0 bridgehead atoms. The second kappa shape index (κ2) is 10.0. The van der Waals surface area contributed by atoms with Crippen molar-refractivity contribution in [3.8, 4) is 17.0 Å². The Hall–Kier alpha value is -3.51. The predicted octanol–water partition coefficient (Wildman–Crippen LogP) is 4.13. The molecule has 35 heavy (non-hydrogen) atoms. The van der Waals surface area contributed by atoms with Gasteiger partial charge < -0.3 is 15.2 Å². The molecule has 0 spiro atoms. The number of carbonyl (C=O) groups excluding carboxylic acids is 1. The van der Waals surface area contributed by atoms with Crippen LogP contribution in [0.15, 0.2) is 47.8 Å². The summed E-state index contributed by atoms with van der Waals surface area (Å²) >= 11 is 0. The van der Waals surface area contributed by atoms with E-state index in [9.17, 15) is 18.5 Å². The Morgan fingerprint density at radius 1 is 1.31 bits per heavy atom. The zero-order valence-corrected chi connectivity index (χ0v) is 20.9. The zero-order valence-electron chi connectivity index (χ0n) is 20.1. The molecule has 0 radical (unpaired) electrons. The Morgan fingerprint density at radius 2 is 2.03 bits per heavy atom. The first-order valence-corrected chi connectivity index (χ1v) is 12.3. The molecule has 4 N–H and O–H groups in total. The smallest absolute Gasteiger partial charge is 0.332 e. The monoisotopic (exact) mass is 504 g/mol. The summed E-state index contributed by atoms with van der Waals surface area (Å²) in [6.45, 7) is 6.97. The number of methoxy groups -OCH3 is 1. The van der Waals surface area contributed by atoms with Crippen molar-refractivity contribution in [2.45, 2.75) is 50.8 Å². The maximum atomic E-state index is 14.5. The van der Waals surface area contributed by atoms with Crippen molar-refractivity contribution in [3.63, 3.8) is 0 Å². The van der Waals surface area contributed by atoms with Gasteiger partial charge >= 0.3 is 6.03 Å². The first-order valence-electron chi connectivity index (χ1n) is 10.8. The Bertz CT molecular complexity index is 1330. The second-order valence-corrected chi connectivity index (χ2v) is 10.7. The zero-order chi connectivity index (χ0) is 26.0. The van der Waals surface area contributed by atoms with E-state index in [-0.39, 0.29) is 17.5 Å². The first kappa shape index (κ1) is 26.1. The van der Waals surface area contributed by atoms with Crippen LogP contribution in [0.5, 0.6) is 5.88 Å². The van der Waals surface area contributed by atoms with E-state index in [0.29, 0.717) is 28.3 Å². The van der Waals surface area contributed by atoms with Crippen LogP contribution >= 0.6 is 0 Å². The van der Waals surface area contributed by atoms with Gasteiger partial charge in [-0.25, -0.2) is 27.9 Å². The van der Waals surface area contributed by atoms with Crippen LogP contribution in [0, 0.1) is 10.6 Å². The SMILES string of the molecule is COc1cc(-c2cc(F)cc(C(C)C)c2NC(=O)NS(=N)(=O)c2ccn(CC(C)(C)O)n2)ccn1. The maximum Gasteiger partial charge on any atom is 0.332 e. The number of nitrogens with one attached hydrogen (secondary N) is 3. The molecule has 10 nitrogen and oxygen atoms in total. The van der Waals surface area contributed by atoms with Crippen molar-refractivity contribution < 1.29 is 23.2 Å². The van der Waals surface area contributed by atoms with E-state index in [4.69, 9.17) is 9.52 Å². The molecule has 0 aliphatic rings. The van der Waals surface area contributed by atoms with Crippen LogP contribution in [0.1, 0.15) is 39.2 Å². The highest BCUT2D eigenvalue weighted by atomic mass is 32.2. The number of nitrogens with zero attached hydrogens (tertiary/aromatic N) is 3. The number of halogens is 1. The summed E-state index contributed by atoms with van der Waals surface area (Å²) in [5.74, 6) is -0.350. The summed E-state index contributed by atoms with van der Waals surface area (Å²) in [5.41, 5.74) is 0.659. The fraction of sp³-hybridized carbons (Fsp3) is 0.348. The van der Waals surface area contributed by atoms with Gasteiger partial charge in [-0.15, -0.1) is 0 Å². The molecular weight excluding hydrogens is 475 g/mol. The number of ether oxygens (including phenoxy) is 1. The number of urea groups is 1. The first-order chi connectivity index (χ1) is 16.3. The molecule has 3 aromatic rings. The number of hydrogen-bond acceptors (Lipinski definition) is 7. The molecule has 1 unspecified atom stereocenters. The lowest BCUT2D eigenvalue weighted by atomic mass is 9.94. The summed E-state index contributed by atoms with van der Waals surface area (Å²) in [6.07, 6.45) is 2.96. The van der Waals surface area contributed by atoms with Gasteiger partial charge in [-0.05, 0) is 55.2 Å². The summed E-state index contributed by atoms with van der Waals surface area (Å²) in [5, 5.41) is 16.5. The average molecular weight is 505 g/mol. The molecule has 1 aromatic carbocycles. The lowest BCUT2D eigenvalue weighted by Crippen LogP contribution is -2.34. The topological polar surface area (TPSA) is 142 Å². The molecule has 12 heteroatoms. The van der Waals surface area contributed by atoms with Crippen molar-refractivity contribution in [1.29, 1.82) is 4.78 Å². The van der Waals surface area contributed by atoms with Gasteiger partial charge in [0.05, 0.1) is 24.9 Å². The van der Waals surface area contributed by atoms with Crippen molar-refractivity contribution in [1.82, 2.24) is 19.5 Å².